The highest BCUT2D eigenvalue weighted by molar-refractivity contribution is 6.00. The number of aryl methyl sites for hydroxylation is 1. The Kier molecular flexibility index (Phi) is 5.84. The van der Waals surface area contributed by atoms with Crippen LogP contribution in [0.2, 0.25) is 0 Å². The van der Waals surface area contributed by atoms with E-state index >= 15 is 0 Å². The first-order valence-electron chi connectivity index (χ1n) is 11.1. The van der Waals surface area contributed by atoms with Crippen molar-refractivity contribution in [1.29, 1.82) is 0 Å². The van der Waals surface area contributed by atoms with E-state index in [1.165, 1.54) is 0 Å². The minimum atomic E-state index is -0.376. The number of rotatable bonds is 6. The number of methoxy groups -OCH3 is 2. The molecule has 32 heavy (non-hydrogen) atoms. The van der Waals surface area contributed by atoms with Crippen molar-refractivity contribution in [1.82, 2.24) is 4.98 Å². The van der Waals surface area contributed by atoms with Gasteiger partial charge in [0, 0.05) is 18.4 Å². The molecule has 0 amide bonds. The second kappa shape index (κ2) is 8.45. The Labute approximate surface area is 189 Å². The summed E-state index contributed by atoms with van der Waals surface area (Å²) in [5.74, 6) is 2.68. The van der Waals surface area contributed by atoms with Crippen LogP contribution in [0.4, 0.5) is 5.82 Å². The molecule has 1 aromatic carbocycles. The third kappa shape index (κ3) is 3.80. The normalized spacial score (nSPS) is 19.2. The number of ketones is 1. The smallest absolute Gasteiger partial charge is 0.305 e. The lowest BCUT2D eigenvalue weighted by Gasteiger charge is -2.37. The number of aromatic nitrogens is 2. The van der Waals surface area contributed by atoms with Crippen LogP contribution < -0.4 is 24.5 Å². The number of Topliss-reactive ketones (excluding diaryl/α,β-unsaturated/α-hetero) is 1. The average Bonchev–Trinajstić information content (AvgIpc) is 2.76. The van der Waals surface area contributed by atoms with Crippen molar-refractivity contribution in [2.75, 3.05) is 20.0 Å². The lowest BCUT2D eigenvalue weighted by Crippen LogP contribution is -2.41. The van der Waals surface area contributed by atoms with Gasteiger partial charge in [0.2, 0.25) is 12.1 Å². The van der Waals surface area contributed by atoms with Gasteiger partial charge in [-0.25, -0.2) is 4.57 Å². The molecule has 0 bridgehead atoms. The van der Waals surface area contributed by atoms with Crippen LogP contribution in [0.25, 0.3) is 0 Å². The molecule has 2 aliphatic rings. The Hall–Kier alpha value is -3.09. The Morgan fingerprint density at radius 1 is 1.22 bits per heavy atom. The Morgan fingerprint density at radius 3 is 2.66 bits per heavy atom. The van der Waals surface area contributed by atoms with E-state index in [9.17, 15) is 4.79 Å². The molecule has 7 nitrogen and oxygen atoms in total. The number of benzene rings is 1. The maximum absolute atomic E-state index is 13.4. The first kappa shape index (κ1) is 22.1. The number of nitrogens with two attached hydrogens (primary N) is 1. The van der Waals surface area contributed by atoms with Gasteiger partial charge in [0.05, 0.1) is 26.7 Å². The number of carbonyl (C=O) groups is 1. The van der Waals surface area contributed by atoms with Gasteiger partial charge in [-0.1, -0.05) is 38.2 Å². The molecule has 0 unspecified atom stereocenters. The van der Waals surface area contributed by atoms with Gasteiger partial charge in [-0.15, -0.1) is 0 Å². The number of nitrogens with zero attached hydrogens (tertiary/aromatic N) is 2. The second-order valence-electron chi connectivity index (χ2n) is 9.32. The molecule has 0 spiro atoms. The van der Waals surface area contributed by atoms with Crippen LogP contribution >= 0.6 is 0 Å². The Morgan fingerprint density at radius 2 is 1.97 bits per heavy atom. The SMILES string of the molecule is CCCC[n+]1cnc2c(c1N)[C@H](c1ccc(OC)c(OC)c1)C1=C(CC(C)(C)CC1=O)O2. The fourth-order valence-electron chi connectivity index (χ4n) is 4.70. The van der Waals surface area contributed by atoms with Gasteiger partial charge in [0.1, 0.15) is 11.3 Å². The number of fused-ring (bicyclic) bond motifs is 1. The van der Waals surface area contributed by atoms with Gasteiger partial charge in [-0.3, -0.25) is 4.79 Å². The molecular formula is C25H32N3O4+. The van der Waals surface area contributed by atoms with Gasteiger partial charge in [-0.2, -0.15) is 0 Å². The molecule has 170 valence electrons. The maximum atomic E-state index is 13.4. The molecule has 1 atom stereocenters. The van der Waals surface area contributed by atoms with Gasteiger partial charge in [0.15, 0.2) is 17.3 Å². The van der Waals surface area contributed by atoms with Crippen molar-refractivity contribution in [3.05, 3.63) is 47.0 Å². The van der Waals surface area contributed by atoms with Crippen molar-refractivity contribution in [3.8, 4) is 17.4 Å². The first-order valence-corrected chi connectivity index (χ1v) is 11.1. The minimum Gasteiger partial charge on any atom is -0.493 e. The number of ether oxygens (including phenoxy) is 3. The molecule has 7 heteroatoms. The number of anilines is 1. The zero-order valence-corrected chi connectivity index (χ0v) is 19.5. The molecule has 0 fully saturated rings. The van der Waals surface area contributed by atoms with Gasteiger partial charge in [-0.05, 0) is 29.5 Å². The summed E-state index contributed by atoms with van der Waals surface area (Å²) in [6.45, 7) is 7.07. The van der Waals surface area contributed by atoms with Crippen molar-refractivity contribution < 1.29 is 23.6 Å². The topological polar surface area (TPSA) is 87.5 Å². The highest BCUT2D eigenvalue weighted by Crippen LogP contribution is 2.51. The largest absolute Gasteiger partial charge is 0.493 e. The zero-order chi connectivity index (χ0) is 23.0. The van der Waals surface area contributed by atoms with Crippen LogP contribution in [0.5, 0.6) is 17.4 Å². The molecule has 1 aliphatic carbocycles. The summed E-state index contributed by atoms with van der Waals surface area (Å²) in [7, 11) is 3.21. The van der Waals surface area contributed by atoms with Gasteiger partial charge < -0.3 is 19.9 Å². The van der Waals surface area contributed by atoms with Crippen LogP contribution in [-0.2, 0) is 11.3 Å². The lowest BCUT2D eigenvalue weighted by molar-refractivity contribution is -0.686. The highest BCUT2D eigenvalue weighted by atomic mass is 16.5. The number of allylic oxidation sites excluding steroid dienone is 2. The molecule has 0 saturated heterocycles. The number of carbonyl (C=O) groups excluding carboxylic acids is 1. The number of nitrogen functional groups attached to an aromatic ring is 1. The van der Waals surface area contributed by atoms with E-state index in [1.54, 1.807) is 20.5 Å². The van der Waals surface area contributed by atoms with Crippen LogP contribution in [0.1, 0.15) is 63.5 Å². The van der Waals surface area contributed by atoms with Crippen LogP contribution in [0.15, 0.2) is 35.9 Å². The molecule has 2 aromatic rings. The van der Waals surface area contributed by atoms with Gasteiger partial charge in [0.25, 0.3) is 0 Å². The van der Waals surface area contributed by atoms with Gasteiger partial charge >= 0.3 is 5.88 Å². The zero-order valence-electron chi connectivity index (χ0n) is 19.5. The maximum Gasteiger partial charge on any atom is 0.305 e. The molecule has 1 aromatic heterocycles. The predicted octanol–water partition coefficient (Wildman–Crippen LogP) is 3.94. The summed E-state index contributed by atoms with van der Waals surface area (Å²) in [5.41, 5.74) is 8.81. The fourth-order valence-corrected chi connectivity index (χ4v) is 4.70. The molecular weight excluding hydrogens is 406 g/mol. The van der Waals surface area contributed by atoms with E-state index in [-0.39, 0.29) is 17.1 Å². The Bertz CT molecular complexity index is 1090. The monoisotopic (exact) mass is 438 g/mol. The third-order valence-electron chi connectivity index (χ3n) is 6.30. The number of hydrogen-bond acceptors (Lipinski definition) is 6. The number of hydrogen-bond donors (Lipinski definition) is 1. The predicted molar refractivity (Wildman–Crippen MR) is 121 cm³/mol. The van der Waals surface area contributed by atoms with E-state index in [1.807, 2.05) is 22.8 Å². The van der Waals surface area contributed by atoms with Crippen LogP contribution in [0, 0.1) is 5.41 Å². The summed E-state index contributed by atoms with van der Waals surface area (Å²) < 4.78 is 19.2. The summed E-state index contributed by atoms with van der Waals surface area (Å²) in [5, 5.41) is 0. The van der Waals surface area contributed by atoms with Crippen molar-refractivity contribution >= 4 is 11.6 Å². The summed E-state index contributed by atoms with van der Waals surface area (Å²) >= 11 is 0. The average molecular weight is 439 g/mol. The summed E-state index contributed by atoms with van der Waals surface area (Å²) in [6.07, 6.45) is 4.89. The van der Waals surface area contributed by atoms with Crippen LogP contribution in [-0.4, -0.2) is 25.0 Å². The van der Waals surface area contributed by atoms with E-state index in [2.05, 4.69) is 25.8 Å². The summed E-state index contributed by atoms with van der Waals surface area (Å²) in [4.78, 5) is 18.0. The van der Waals surface area contributed by atoms with Crippen LogP contribution in [0.3, 0.4) is 0 Å². The van der Waals surface area contributed by atoms with Crippen molar-refractivity contribution in [3.63, 3.8) is 0 Å². The quantitative estimate of drug-likeness (QED) is 0.688. The minimum absolute atomic E-state index is 0.0880. The lowest BCUT2D eigenvalue weighted by atomic mass is 9.70. The Balaban J connectivity index is 1.94. The molecule has 2 N–H and O–H groups in total. The first-order chi connectivity index (χ1) is 15.3. The second-order valence-corrected chi connectivity index (χ2v) is 9.32. The van der Waals surface area contributed by atoms with E-state index in [4.69, 9.17) is 19.9 Å². The molecule has 4 rings (SSSR count). The molecule has 0 saturated carbocycles. The molecule has 2 heterocycles. The number of unbranched alkanes of at least 4 members (excludes halogenated alkanes) is 1. The fraction of sp³-hybridized carbons (Fsp3) is 0.480. The molecule has 1 aliphatic heterocycles. The standard InChI is InChI=1S/C25H31N3O4/c1-6-7-10-28-14-27-24-22(23(28)26)20(15-8-9-17(30-4)18(11-15)31-5)21-16(29)12-25(2,3)13-19(21)32-24/h8-9,11,14,20,26H,6-7,10,12-13H2,1-5H3/p+1/t20-/m1/s1. The highest BCUT2D eigenvalue weighted by Gasteiger charge is 2.45. The van der Waals surface area contributed by atoms with E-state index in [0.29, 0.717) is 47.4 Å². The van der Waals surface area contributed by atoms with Crippen molar-refractivity contribution in [2.24, 2.45) is 5.41 Å². The van der Waals surface area contributed by atoms with E-state index < -0.39 is 0 Å². The molecule has 0 radical (unpaired) electrons. The third-order valence-corrected chi connectivity index (χ3v) is 6.30. The van der Waals surface area contributed by atoms with Crippen molar-refractivity contribution in [2.45, 2.75) is 58.9 Å². The van der Waals surface area contributed by atoms with E-state index in [0.717, 1.165) is 30.5 Å². The summed E-state index contributed by atoms with van der Waals surface area (Å²) in [6, 6.07) is 5.74.